The van der Waals surface area contributed by atoms with E-state index in [1.165, 1.54) is 114 Å². The molecule has 0 atom stereocenters. The van der Waals surface area contributed by atoms with Gasteiger partial charge in [-0.3, -0.25) is 0 Å². The standard InChI is InChI=1S/C21H45BrSi/c1-4-7-10-13-16-19-23(22,20-17-14-11-8-5-2)21-18-15-12-9-6-3/h4-21H2,1-3H3. The Labute approximate surface area is 157 Å². The van der Waals surface area contributed by atoms with Crippen molar-refractivity contribution in [3.63, 3.8) is 0 Å². The van der Waals surface area contributed by atoms with E-state index in [0.29, 0.717) is 0 Å². The van der Waals surface area contributed by atoms with Crippen molar-refractivity contribution in [2.45, 2.75) is 135 Å². The van der Waals surface area contributed by atoms with Gasteiger partial charge in [0.2, 0.25) is 0 Å². The molecule has 0 amide bonds. The molecule has 0 bridgehead atoms. The van der Waals surface area contributed by atoms with Crippen LogP contribution in [0.3, 0.4) is 0 Å². The van der Waals surface area contributed by atoms with Crippen molar-refractivity contribution < 1.29 is 0 Å². The molecule has 0 fully saturated rings. The maximum atomic E-state index is 4.33. The highest BCUT2D eigenvalue weighted by molar-refractivity contribution is 9.26. The first-order valence-electron chi connectivity index (χ1n) is 10.9. The van der Waals surface area contributed by atoms with Crippen LogP contribution in [0.25, 0.3) is 0 Å². The average molecular weight is 406 g/mol. The molecule has 23 heavy (non-hydrogen) atoms. The van der Waals surface area contributed by atoms with Crippen LogP contribution in [0.5, 0.6) is 0 Å². The molecule has 0 aromatic heterocycles. The molecule has 0 aliphatic carbocycles. The third-order valence-corrected chi connectivity index (χ3v) is 12.5. The highest BCUT2D eigenvalue weighted by Crippen LogP contribution is 2.34. The molecular formula is C21H45BrSi. The first kappa shape index (κ1) is 23.7. The van der Waals surface area contributed by atoms with E-state index < -0.39 is 6.69 Å². The second-order valence-electron chi connectivity index (χ2n) is 7.64. The molecule has 0 aliphatic rings. The Morgan fingerprint density at radius 1 is 0.435 bits per heavy atom. The van der Waals surface area contributed by atoms with Crippen molar-refractivity contribution in [2.24, 2.45) is 0 Å². The minimum atomic E-state index is -1.12. The van der Waals surface area contributed by atoms with Crippen molar-refractivity contribution in [3.05, 3.63) is 0 Å². The number of rotatable bonds is 18. The molecule has 0 rings (SSSR count). The number of unbranched alkanes of at least 4 members (excludes halogenated alkanes) is 12. The molecule has 2 heteroatoms. The summed E-state index contributed by atoms with van der Waals surface area (Å²) < 4.78 is 0. The third kappa shape index (κ3) is 15.9. The van der Waals surface area contributed by atoms with Crippen LogP contribution in [0.2, 0.25) is 18.1 Å². The van der Waals surface area contributed by atoms with Gasteiger partial charge in [0, 0.05) is 0 Å². The topological polar surface area (TPSA) is 0 Å². The Bertz CT molecular complexity index is 194. The Kier molecular flexibility index (Phi) is 18.0. The van der Waals surface area contributed by atoms with Crippen LogP contribution in [-0.2, 0) is 0 Å². The van der Waals surface area contributed by atoms with Crippen LogP contribution in [0.1, 0.15) is 117 Å². The number of halogens is 1. The highest BCUT2D eigenvalue weighted by atomic mass is 79.9. The molecule has 0 nitrogen and oxygen atoms in total. The fraction of sp³-hybridized carbons (Fsp3) is 1.00. The third-order valence-electron chi connectivity index (χ3n) is 5.19. The lowest BCUT2D eigenvalue weighted by atomic mass is 10.2. The van der Waals surface area contributed by atoms with Crippen molar-refractivity contribution in [1.29, 1.82) is 0 Å². The first-order chi connectivity index (χ1) is 11.2. The summed E-state index contributed by atoms with van der Waals surface area (Å²) in [4.78, 5) is 0. The van der Waals surface area contributed by atoms with E-state index in [4.69, 9.17) is 0 Å². The van der Waals surface area contributed by atoms with Gasteiger partial charge in [-0.15, -0.1) is 15.3 Å². The van der Waals surface area contributed by atoms with Crippen LogP contribution in [0, 0.1) is 0 Å². The summed E-state index contributed by atoms with van der Waals surface area (Å²) in [7, 11) is 0. The number of hydrogen-bond acceptors (Lipinski definition) is 0. The fourth-order valence-corrected chi connectivity index (χ4v) is 9.44. The summed E-state index contributed by atoms with van der Waals surface area (Å²) in [6.45, 7) is 5.83. The lowest BCUT2D eigenvalue weighted by Crippen LogP contribution is -2.25. The highest BCUT2D eigenvalue weighted by Gasteiger charge is 2.28. The Hall–Kier alpha value is 0.697. The zero-order valence-corrected chi connectivity index (χ0v) is 19.2. The van der Waals surface area contributed by atoms with Crippen molar-refractivity contribution in [2.75, 3.05) is 0 Å². The molecule has 0 unspecified atom stereocenters. The molecule has 0 radical (unpaired) electrons. The zero-order chi connectivity index (χ0) is 17.2. The van der Waals surface area contributed by atoms with Gasteiger partial charge >= 0.3 is 0 Å². The Morgan fingerprint density at radius 3 is 0.957 bits per heavy atom. The second-order valence-corrected chi connectivity index (χ2v) is 16.5. The average Bonchev–Trinajstić information content (AvgIpc) is 2.54. The lowest BCUT2D eigenvalue weighted by Gasteiger charge is -2.25. The van der Waals surface area contributed by atoms with Gasteiger partial charge in [0.25, 0.3) is 0 Å². The number of hydrogen-bond donors (Lipinski definition) is 0. The van der Waals surface area contributed by atoms with Crippen molar-refractivity contribution in [1.82, 2.24) is 0 Å². The predicted octanol–water partition coefficient (Wildman–Crippen LogP) is 9.24. The molecule has 0 aliphatic heterocycles. The monoisotopic (exact) mass is 404 g/mol. The van der Waals surface area contributed by atoms with Crippen LogP contribution in [0.15, 0.2) is 0 Å². The summed E-state index contributed by atoms with van der Waals surface area (Å²) in [5.74, 6) is 0. The van der Waals surface area contributed by atoms with E-state index in [1.54, 1.807) is 0 Å². The van der Waals surface area contributed by atoms with E-state index >= 15 is 0 Å². The SMILES string of the molecule is CCCCCCC[Si](Br)(CCCCCCC)CCCCCCC. The maximum absolute atomic E-state index is 4.33. The summed E-state index contributed by atoms with van der Waals surface area (Å²) in [6.07, 6.45) is 21.7. The van der Waals surface area contributed by atoms with E-state index in [0.717, 1.165) is 0 Å². The smallest absolute Gasteiger partial charge is 0.126 e. The molecular weight excluding hydrogens is 360 g/mol. The molecule has 0 saturated heterocycles. The van der Waals surface area contributed by atoms with Crippen molar-refractivity contribution >= 4 is 22.0 Å². The van der Waals surface area contributed by atoms with E-state index in [-0.39, 0.29) is 0 Å². The Balaban J connectivity index is 4.00. The summed E-state index contributed by atoms with van der Waals surface area (Å²) in [6, 6.07) is 4.62. The van der Waals surface area contributed by atoms with E-state index in [9.17, 15) is 0 Å². The van der Waals surface area contributed by atoms with Crippen LogP contribution in [-0.4, -0.2) is 6.69 Å². The van der Waals surface area contributed by atoms with Gasteiger partial charge in [0.05, 0.1) is 0 Å². The molecule has 0 aromatic rings. The first-order valence-corrected chi connectivity index (χ1v) is 15.7. The Morgan fingerprint density at radius 2 is 0.696 bits per heavy atom. The minimum Gasteiger partial charge on any atom is -0.126 e. The minimum absolute atomic E-state index is 1.12. The fourth-order valence-electron chi connectivity index (χ4n) is 3.51. The molecule has 0 saturated carbocycles. The predicted molar refractivity (Wildman–Crippen MR) is 115 cm³/mol. The molecule has 140 valence electrons. The zero-order valence-electron chi connectivity index (χ0n) is 16.6. The van der Waals surface area contributed by atoms with Crippen LogP contribution < -0.4 is 0 Å². The largest absolute Gasteiger partial charge is 0.130 e. The quantitative estimate of drug-likeness (QED) is 0.121. The maximum Gasteiger partial charge on any atom is 0.130 e. The molecule has 0 spiro atoms. The van der Waals surface area contributed by atoms with Crippen LogP contribution in [0.4, 0.5) is 0 Å². The summed E-state index contributed by atoms with van der Waals surface area (Å²) in [5, 5.41) is 0. The van der Waals surface area contributed by atoms with Gasteiger partial charge in [-0.05, 0) is 18.1 Å². The lowest BCUT2D eigenvalue weighted by molar-refractivity contribution is 0.635. The van der Waals surface area contributed by atoms with Crippen LogP contribution >= 0.6 is 15.3 Å². The second kappa shape index (κ2) is 17.5. The van der Waals surface area contributed by atoms with Gasteiger partial charge < -0.3 is 0 Å². The molecule has 0 aromatic carbocycles. The summed E-state index contributed by atoms with van der Waals surface area (Å²) in [5.41, 5.74) is 0. The normalized spacial score (nSPS) is 12.0. The van der Waals surface area contributed by atoms with E-state index in [2.05, 4.69) is 36.1 Å². The molecule has 0 heterocycles. The van der Waals surface area contributed by atoms with Gasteiger partial charge in [0.15, 0.2) is 0 Å². The van der Waals surface area contributed by atoms with Gasteiger partial charge in [0.1, 0.15) is 6.69 Å². The molecule has 0 N–H and O–H groups in total. The summed E-state index contributed by atoms with van der Waals surface area (Å²) >= 11 is 4.33. The van der Waals surface area contributed by atoms with Crippen molar-refractivity contribution in [3.8, 4) is 0 Å². The van der Waals surface area contributed by atoms with Gasteiger partial charge in [-0.25, -0.2) is 0 Å². The van der Waals surface area contributed by atoms with Gasteiger partial charge in [-0.1, -0.05) is 117 Å². The van der Waals surface area contributed by atoms with Gasteiger partial charge in [-0.2, -0.15) is 0 Å². The van der Waals surface area contributed by atoms with E-state index in [1.807, 2.05) is 0 Å².